The number of aryl methyl sites for hydroxylation is 1. The van der Waals surface area contributed by atoms with Crippen LogP contribution in [0.2, 0.25) is 0 Å². The third kappa shape index (κ3) is 2.37. The first-order valence-corrected chi connectivity index (χ1v) is 5.22. The third-order valence-electron chi connectivity index (χ3n) is 2.34. The number of nitrogen functional groups attached to an aromatic ring is 1. The van der Waals surface area contributed by atoms with Gasteiger partial charge in [-0.25, -0.2) is 0 Å². The molecule has 0 saturated heterocycles. The fourth-order valence-electron chi connectivity index (χ4n) is 1.51. The number of ether oxygens (including phenoxy) is 1. The first-order valence-electron chi connectivity index (χ1n) is 5.22. The van der Waals surface area contributed by atoms with E-state index < -0.39 is 4.92 Å². The minimum absolute atomic E-state index is 0.0979. The maximum Gasteiger partial charge on any atom is 0.311 e. The number of nitro benzene ring substituents is 1. The molecule has 92 valence electrons. The Kier molecular flexibility index (Phi) is 3.09. The average molecular weight is 245 g/mol. The van der Waals surface area contributed by atoms with Gasteiger partial charge in [0.15, 0.2) is 0 Å². The Bertz CT molecular complexity index is 599. The zero-order valence-electron chi connectivity index (χ0n) is 9.66. The summed E-state index contributed by atoms with van der Waals surface area (Å²) in [7, 11) is 0. The number of nitrogens with zero attached hydrogens (tertiary/aromatic N) is 2. The monoisotopic (exact) mass is 245 g/mol. The maximum atomic E-state index is 10.9. The van der Waals surface area contributed by atoms with E-state index in [1.165, 1.54) is 6.07 Å². The minimum Gasteiger partial charge on any atom is -0.431 e. The van der Waals surface area contributed by atoms with Crippen molar-refractivity contribution in [2.45, 2.75) is 6.92 Å². The van der Waals surface area contributed by atoms with Gasteiger partial charge in [0.05, 0.1) is 4.92 Å². The summed E-state index contributed by atoms with van der Waals surface area (Å²) in [5, 5.41) is 10.9. The number of para-hydroxylation sites is 1. The van der Waals surface area contributed by atoms with Gasteiger partial charge in [0, 0.05) is 12.1 Å². The van der Waals surface area contributed by atoms with Gasteiger partial charge in [-0.2, -0.15) is 4.98 Å². The quantitative estimate of drug-likeness (QED) is 0.663. The second-order valence-corrected chi connectivity index (χ2v) is 3.68. The maximum absolute atomic E-state index is 10.9. The number of hydrogen-bond donors (Lipinski definition) is 1. The molecule has 1 heterocycles. The van der Waals surface area contributed by atoms with E-state index in [-0.39, 0.29) is 17.3 Å². The lowest BCUT2D eigenvalue weighted by Crippen LogP contribution is -1.98. The van der Waals surface area contributed by atoms with E-state index in [0.29, 0.717) is 11.4 Å². The Morgan fingerprint density at radius 1 is 1.28 bits per heavy atom. The lowest BCUT2D eigenvalue weighted by atomic mass is 10.2. The molecule has 2 N–H and O–H groups in total. The molecule has 0 aliphatic heterocycles. The molecule has 18 heavy (non-hydrogen) atoms. The highest BCUT2D eigenvalue weighted by Crippen LogP contribution is 2.33. The molecule has 0 atom stereocenters. The summed E-state index contributed by atoms with van der Waals surface area (Å²) in [6, 6.07) is 9.59. The van der Waals surface area contributed by atoms with Crippen molar-refractivity contribution in [2.75, 3.05) is 5.73 Å². The molecule has 0 bridgehead atoms. The molecular formula is C12H11N3O3. The number of aromatic nitrogens is 1. The molecule has 1 aromatic carbocycles. The Balaban J connectivity index is 2.42. The predicted octanol–water partition coefficient (Wildman–Crippen LogP) is 2.67. The molecule has 0 amide bonds. The summed E-state index contributed by atoms with van der Waals surface area (Å²) >= 11 is 0. The molecule has 0 fully saturated rings. The number of nitro groups is 1. The van der Waals surface area contributed by atoms with Crippen molar-refractivity contribution in [2.24, 2.45) is 0 Å². The predicted molar refractivity (Wildman–Crippen MR) is 66.6 cm³/mol. The molecule has 0 saturated carbocycles. The number of hydrogen-bond acceptors (Lipinski definition) is 5. The van der Waals surface area contributed by atoms with E-state index in [0.717, 1.165) is 0 Å². The number of pyridine rings is 1. The van der Waals surface area contributed by atoms with Gasteiger partial charge in [0.2, 0.25) is 11.6 Å². The third-order valence-corrected chi connectivity index (χ3v) is 2.34. The van der Waals surface area contributed by atoms with Crippen molar-refractivity contribution in [3.63, 3.8) is 0 Å². The van der Waals surface area contributed by atoms with Gasteiger partial charge in [-0.3, -0.25) is 10.1 Å². The van der Waals surface area contributed by atoms with E-state index in [4.69, 9.17) is 10.5 Å². The van der Waals surface area contributed by atoms with Gasteiger partial charge in [-0.15, -0.1) is 0 Å². The van der Waals surface area contributed by atoms with Crippen LogP contribution in [0.15, 0.2) is 36.4 Å². The van der Waals surface area contributed by atoms with Crippen LogP contribution in [-0.2, 0) is 0 Å². The summed E-state index contributed by atoms with van der Waals surface area (Å²) in [6.07, 6.45) is 0. The molecule has 0 spiro atoms. The van der Waals surface area contributed by atoms with E-state index in [9.17, 15) is 10.1 Å². The Hall–Kier alpha value is -2.63. The van der Waals surface area contributed by atoms with Crippen molar-refractivity contribution < 1.29 is 9.66 Å². The second kappa shape index (κ2) is 4.70. The molecule has 6 heteroatoms. The van der Waals surface area contributed by atoms with Crippen LogP contribution in [0.25, 0.3) is 0 Å². The van der Waals surface area contributed by atoms with Crippen molar-refractivity contribution in [3.05, 3.63) is 52.1 Å². The van der Waals surface area contributed by atoms with Gasteiger partial charge in [0.25, 0.3) is 0 Å². The summed E-state index contributed by atoms with van der Waals surface area (Å²) in [6.45, 7) is 1.73. The van der Waals surface area contributed by atoms with Gasteiger partial charge in [-0.1, -0.05) is 18.2 Å². The van der Waals surface area contributed by atoms with Crippen LogP contribution < -0.4 is 10.5 Å². The van der Waals surface area contributed by atoms with Crippen molar-refractivity contribution in [1.29, 1.82) is 0 Å². The van der Waals surface area contributed by atoms with Crippen LogP contribution in [0.4, 0.5) is 11.5 Å². The fraction of sp³-hybridized carbons (Fsp3) is 0.0833. The van der Waals surface area contributed by atoms with Gasteiger partial charge >= 0.3 is 5.69 Å². The molecule has 6 nitrogen and oxygen atoms in total. The van der Waals surface area contributed by atoms with Crippen LogP contribution in [0.5, 0.6) is 11.6 Å². The zero-order valence-corrected chi connectivity index (χ0v) is 9.66. The summed E-state index contributed by atoms with van der Waals surface area (Å²) in [4.78, 5) is 14.4. The van der Waals surface area contributed by atoms with Gasteiger partial charge < -0.3 is 10.5 Å². The highest BCUT2D eigenvalue weighted by molar-refractivity contribution is 5.52. The Labute approximate surface area is 103 Å². The smallest absolute Gasteiger partial charge is 0.311 e. The standard InChI is InChI=1S/C12H11N3O3/c1-8-4-2-5-9(15(16)17)12(8)18-11-7-3-6-10(13)14-11/h2-7H,1H3,(H2,13,14). The topological polar surface area (TPSA) is 91.3 Å². The summed E-state index contributed by atoms with van der Waals surface area (Å²) < 4.78 is 5.45. The second-order valence-electron chi connectivity index (χ2n) is 3.68. The van der Waals surface area contributed by atoms with Crippen LogP contribution in [-0.4, -0.2) is 9.91 Å². The summed E-state index contributed by atoms with van der Waals surface area (Å²) in [5.74, 6) is 0.705. The number of benzene rings is 1. The first kappa shape index (κ1) is 11.8. The Morgan fingerprint density at radius 3 is 2.67 bits per heavy atom. The number of nitrogens with two attached hydrogens (primary N) is 1. The SMILES string of the molecule is Cc1cccc([N+](=O)[O-])c1Oc1cccc(N)n1. The highest BCUT2D eigenvalue weighted by Gasteiger charge is 2.18. The van der Waals surface area contributed by atoms with Crippen molar-refractivity contribution >= 4 is 11.5 Å². The highest BCUT2D eigenvalue weighted by atomic mass is 16.6. The van der Waals surface area contributed by atoms with Crippen molar-refractivity contribution in [1.82, 2.24) is 4.98 Å². The minimum atomic E-state index is -0.491. The Morgan fingerprint density at radius 2 is 2.00 bits per heavy atom. The van der Waals surface area contributed by atoms with E-state index >= 15 is 0 Å². The van der Waals surface area contributed by atoms with Gasteiger partial charge in [0.1, 0.15) is 5.82 Å². The van der Waals surface area contributed by atoms with Crippen molar-refractivity contribution in [3.8, 4) is 11.6 Å². The van der Waals surface area contributed by atoms with Gasteiger partial charge in [-0.05, 0) is 18.6 Å². The first-order chi connectivity index (χ1) is 8.58. The lowest BCUT2D eigenvalue weighted by Gasteiger charge is -2.08. The van der Waals surface area contributed by atoms with Crippen LogP contribution in [0.3, 0.4) is 0 Å². The van der Waals surface area contributed by atoms with E-state index in [2.05, 4.69) is 4.98 Å². The molecule has 1 aromatic heterocycles. The molecule has 0 unspecified atom stereocenters. The molecule has 2 rings (SSSR count). The lowest BCUT2D eigenvalue weighted by molar-refractivity contribution is -0.385. The average Bonchev–Trinajstić information content (AvgIpc) is 2.31. The molecule has 0 aliphatic carbocycles. The zero-order chi connectivity index (χ0) is 13.1. The van der Waals surface area contributed by atoms with Crippen LogP contribution in [0, 0.1) is 17.0 Å². The number of anilines is 1. The normalized spacial score (nSPS) is 10.1. The molecule has 0 aliphatic rings. The van der Waals surface area contributed by atoms with Crippen LogP contribution in [0.1, 0.15) is 5.56 Å². The largest absolute Gasteiger partial charge is 0.431 e. The van der Waals surface area contributed by atoms with Crippen LogP contribution >= 0.6 is 0 Å². The summed E-state index contributed by atoms with van der Waals surface area (Å²) in [5.41, 5.74) is 6.09. The van der Waals surface area contributed by atoms with E-state index in [1.807, 2.05) is 0 Å². The fourth-order valence-corrected chi connectivity index (χ4v) is 1.51. The number of rotatable bonds is 3. The molecule has 0 radical (unpaired) electrons. The molecule has 2 aromatic rings. The molecular weight excluding hydrogens is 234 g/mol. The van der Waals surface area contributed by atoms with E-state index in [1.54, 1.807) is 37.3 Å².